The van der Waals surface area contributed by atoms with Crippen LogP contribution in [0.15, 0.2) is 0 Å². The Morgan fingerprint density at radius 2 is 2.29 bits per heavy atom. The van der Waals surface area contributed by atoms with Gasteiger partial charge in [0.1, 0.15) is 5.54 Å². The molecule has 0 aromatic carbocycles. The van der Waals surface area contributed by atoms with E-state index in [1.54, 1.807) is 0 Å². The molecule has 3 N–H and O–H groups in total. The first kappa shape index (κ1) is 16.7. The minimum absolute atomic E-state index is 0.0145. The Bertz CT molecular complexity index is 506. The quantitative estimate of drug-likeness (QED) is 0.649. The van der Waals surface area contributed by atoms with Crippen molar-refractivity contribution in [2.45, 2.75) is 43.4 Å². The number of aliphatic hydroxyl groups is 1. The van der Waals surface area contributed by atoms with Crippen molar-refractivity contribution in [3.8, 4) is 0 Å². The van der Waals surface area contributed by atoms with Crippen molar-refractivity contribution in [1.82, 2.24) is 9.21 Å². The lowest BCUT2D eigenvalue weighted by Crippen LogP contribution is -2.60. The second-order valence-electron chi connectivity index (χ2n) is 6.17. The third-order valence-corrected chi connectivity index (χ3v) is 5.98. The summed E-state index contributed by atoms with van der Waals surface area (Å²) in [5.74, 6) is -0.357. The highest BCUT2D eigenvalue weighted by Gasteiger charge is 2.52. The van der Waals surface area contributed by atoms with Crippen LogP contribution in [0.4, 0.5) is 0 Å². The van der Waals surface area contributed by atoms with Crippen LogP contribution in [0.1, 0.15) is 25.7 Å². The van der Waals surface area contributed by atoms with E-state index in [9.17, 15) is 18.3 Å². The van der Waals surface area contributed by atoms with Crippen molar-refractivity contribution < 1.29 is 18.3 Å². The maximum Gasteiger partial charge on any atom is 0.237 e. The van der Waals surface area contributed by atoms with E-state index in [0.717, 1.165) is 23.4 Å². The van der Waals surface area contributed by atoms with Crippen LogP contribution in [0.25, 0.3) is 0 Å². The van der Waals surface area contributed by atoms with E-state index in [4.69, 9.17) is 5.73 Å². The third-order valence-electron chi connectivity index (χ3n) is 4.70. The van der Waals surface area contributed by atoms with Gasteiger partial charge in [-0.1, -0.05) is 0 Å². The first-order chi connectivity index (χ1) is 9.67. The second kappa shape index (κ2) is 5.83. The molecule has 0 aromatic heterocycles. The van der Waals surface area contributed by atoms with Crippen LogP contribution in [0.5, 0.6) is 0 Å². The van der Waals surface area contributed by atoms with Crippen molar-refractivity contribution >= 4 is 15.9 Å². The SMILES string of the molecule is CN(C[C@@H](O)CN1[C@@H]2C[CH]C[C@@]1(C(N)=O)CC2)S(C)(=O)=O. The summed E-state index contributed by atoms with van der Waals surface area (Å²) in [5.41, 5.74) is 4.89. The molecule has 2 aliphatic heterocycles. The number of piperidine rings is 1. The van der Waals surface area contributed by atoms with Crippen molar-refractivity contribution in [3.05, 3.63) is 6.42 Å². The lowest BCUT2D eigenvalue weighted by molar-refractivity contribution is -0.131. The molecule has 2 saturated heterocycles. The molecule has 0 unspecified atom stereocenters. The van der Waals surface area contributed by atoms with Crippen LogP contribution < -0.4 is 5.73 Å². The van der Waals surface area contributed by atoms with Crippen LogP contribution in [0, 0.1) is 6.42 Å². The van der Waals surface area contributed by atoms with Crippen molar-refractivity contribution in [2.75, 3.05) is 26.4 Å². The van der Waals surface area contributed by atoms with Crippen molar-refractivity contribution in [3.63, 3.8) is 0 Å². The molecular weight excluding hydrogens is 294 g/mol. The van der Waals surface area contributed by atoms with Gasteiger partial charge in [0.2, 0.25) is 15.9 Å². The molecular formula is C13H24N3O4S. The number of hydrogen-bond acceptors (Lipinski definition) is 5. The summed E-state index contributed by atoms with van der Waals surface area (Å²) < 4.78 is 23.9. The number of aliphatic hydroxyl groups excluding tert-OH is 1. The predicted molar refractivity (Wildman–Crippen MR) is 78.7 cm³/mol. The molecule has 0 aliphatic carbocycles. The van der Waals surface area contributed by atoms with Gasteiger partial charge in [-0.2, -0.15) is 0 Å². The fourth-order valence-electron chi connectivity index (χ4n) is 3.44. The number of carbonyl (C=O) groups is 1. The minimum Gasteiger partial charge on any atom is -0.390 e. The third kappa shape index (κ3) is 3.23. The highest BCUT2D eigenvalue weighted by molar-refractivity contribution is 7.88. The standard InChI is InChI=1S/C13H24N3O4S/c1-15(21(2,19)20)8-11(17)9-16-10-4-3-6-13(16,7-5-10)12(14)18/h3,10-11,17H,4-9H2,1-2H3,(H2,14,18)/t10-,11-,13+/m1/s1. The molecule has 121 valence electrons. The Morgan fingerprint density at radius 1 is 1.62 bits per heavy atom. The van der Waals surface area contributed by atoms with Gasteiger partial charge < -0.3 is 10.8 Å². The lowest BCUT2D eigenvalue weighted by Gasteiger charge is -2.43. The van der Waals surface area contributed by atoms with Crippen LogP contribution in [-0.4, -0.2) is 72.7 Å². The zero-order valence-electron chi connectivity index (χ0n) is 12.5. The van der Waals surface area contributed by atoms with Gasteiger partial charge >= 0.3 is 0 Å². The summed E-state index contributed by atoms with van der Waals surface area (Å²) in [6, 6.07) is 0.212. The molecule has 1 amide bonds. The maximum atomic E-state index is 11.9. The summed E-state index contributed by atoms with van der Waals surface area (Å²) >= 11 is 0. The number of β-amino-alcohol motifs (C(OH)–C–C–N with tert-alkyl or cyclic N) is 1. The molecule has 2 rings (SSSR count). The van der Waals surface area contributed by atoms with Gasteiger partial charge in [0.15, 0.2) is 0 Å². The normalized spacial score (nSPS) is 31.5. The summed E-state index contributed by atoms with van der Waals surface area (Å²) in [4.78, 5) is 13.9. The number of nitrogens with two attached hydrogens (primary N) is 1. The predicted octanol–water partition coefficient (Wildman–Crippen LogP) is -1.07. The van der Waals surface area contributed by atoms with E-state index < -0.39 is 21.7 Å². The number of rotatable bonds is 6. The first-order valence-corrected chi connectivity index (χ1v) is 8.99. The zero-order chi connectivity index (χ0) is 15.8. The Labute approximate surface area is 126 Å². The zero-order valence-corrected chi connectivity index (χ0v) is 13.3. The smallest absolute Gasteiger partial charge is 0.237 e. The molecule has 0 saturated carbocycles. The van der Waals surface area contributed by atoms with E-state index in [0.29, 0.717) is 12.8 Å². The second-order valence-corrected chi connectivity index (χ2v) is 8.26. The maximum absolute atomic E-state index is 11.9. The van der Waals surface area contributed by atoms with Crippen LogP contribution >= 0.6 is 0 Å². The molecule has 0 aromatic rings. The Hall–Kier alpha value is -0.700. The number of carbonyl (C=O) groups excluding carboxylic acids is 1. The van der Waals surface area contributed by atoms with E-state index >= 15 is 0 Å². The Balaban J connectivity index is 2.06. The van der Waals surface area contributed by atoms with Crippen LogP contribution in [0.3, 0.4) is 0 Å². The van der Waals surface area contributed by atoms with Gasteiger partial charge in [-0.25, -0.2) is 12.7 Å². The fraction of sp³-hybridized carbons (Fsp3) is 0.846. The monoisotopic (exact) mass is 318 g/mol. The molecule has 8 heteroatoms. The number of hydrogen-bond donors (Lipinski definition) is 2. The van der Waals surface area contributed by atoms with E-state index in [-0.39, 0.29) is 25.0 Å². The highest BCUT2D eigenvalue weighted by Crippen LogP contribution is 2.43. The fourth-order valence-corrected chi connectivity index (χ4v) is 3.88. The summed E-state index contributed by atoms with van der Waals surface area (Å²) in [6.07, 6.45) is 5.42. The average molecular weight is 318 g/mol. The van der Waals surface area contributed by atoms with Gasteiger partial charge in [-0.3, -0.25) is 9.69 Å². The van der Waals surface area contributed by atoms with E-state index in [1.165, 1.54) is 7.05 Å². The van der Waals surface area contributed by atoms with Gasteiger partial charge in [0.25, 0.3) is 0 Å². The number of likely N-dealkylation sites (N-methyl/N-ethyl adjacent to an activating group) is 1. The van der Waals surface area contributed by atoms with E-state index in [1.807, 2.05) is 4.90 Å². The van der Waals surface area contributed by atoms with Crippen molar-refractivity contribution in [1.29, 1.82) is 0 Å². The average Bonchev–Trinajstić information content (AvgIpc) is 2.58. The van der Waals surface area contributed by atoms with Crippen LogP contribution in [0.2, 0.25) is 0 Å². The molecule has 21 heavy (non-hydrogen) atoms. The molecule has 7 nitrogen and oxygen atoms in total. The summed E-state index contributed by atoms with van der Waals surface area (Å²) in [6.45, 7) is 0.280. The number of nitrogens with zero attached hydrogens (tertiary/aromatic N) is 2. The Morgan fingerprint density at radius 3 is 2.86 bits per heavy atom. The van der Waals surface area contributed by atoms with Gasteiger partial charge in [-0.15, -0.1) is 0 Å². The molecule has 2 fully saturated rings. The first-order valence-electron chi connectivity index (χ1n) is 7.14. The summed E-state index contributed by atoms with van der Waals surface area (Å²) in [7, 11) is -1.89. The van der Waals surface area contributed by atoms with Crippen LogP contribution in [-0.2, 0) is 14.8 Å². The van der Waals surface area contributed by atoms with E-state index in [2.05, 4.69) is 6.42 Å². The molecule has 2 heterocycles. The van der Waals surface area contributed by atoms with Gasteiger partial charge in [-0.05, 0) is 32.1 Å². The number of sulfonamides is 1. The highest BCUT2D eigenvalue weighted by atomic mass is 32.2. The Kier molecular flexibility index (Phi) is 4.63. The molecule has 1 radical (unpaired) electrons. The minimum atomic E-state index is -3.32. The molecule has 2 aliphatic rings. The molecule has 0 spiro atoms. The topological polar surface area (TPSA) is 104 Å². The van der Waals surface area contributed by atoms with Gasteiger partial charge in [0.05, 0.1) is 12.4 Å². The number of amides is 1. The number of primary amides is 1. The number of fused-ring (bicyclic) bond motifs is 2. The summed E-state index contributed by atoms with van der Waals surface area (Å²) in [5, 5.41) is 10.2. The van der Waals surface area contributed by atoms with Gasteiger partial charge in [0, 0.05) is 26.2 Å². The largest absolute Gasteiger partial charge is 0.390 e. The lowest BCUT2D eigenvalue weighted by atomic mass is 9.87. The molecule has 3 atom stereocenters. The van der Waals surface area contributed by atoms with Crippen molar-refractivity contribution in [2.24, 2.45) is 5.73 Å². The molecule has 2 bridgehead atoms.